The Kier molecular flexibility index (Phi) is 4.96. The summed E-state index contributed by atoms with van der Waals surface area (Å²) in [5.41, 5.74) is 2.00. The highest BCUT2D eigenvalue weighted by atomic mass is 16.6. The van der Waals surface area contributed by atoms with Gasteiger partial charge >= 0.3 is 0 Å². The van der Waals surface area contributed by atoms with Crippen LogP contribution in [0.5, 0.6) is 5.75 Å². The molecule has 0 radical (unpaired) electrons. The van der Waals surface area contributed by atoms with Gasteiger partial charge in [0.25, 0.3) is 5.69 Å². The van der Waals surface area contributed by atoms with Crippen LogP contribution in [0.15, 0.2) is 48.5 Å². The molecule has 1 atom stereocenters. The van der Waals surface area contributed by atoms with E-state index in [1.54, 1.807) is 13.1 Å². The van der Waals surface area contributed by atoms with E-state index in [1.165, 1.54) is 17.7 Å². The third-order valence-corrected chi connectivity index (χ3v) is 4.17. The number of hydrogen-bond donors (Lipinski definition) is 1. The maximum absolute atomic E-state index is 11.0. The van der Waals surface area contributed by atoms with Crippen molar-refractivity contribution in [3.63, 3.8) is 0 Å². The van der Waals surface area contributed by atoms with E-state index in [1.807, 2.05) is 18.2 Å². The molecule has 1 fully saturated rings. The van der Waals surface area contributed by atoms with E-state index in [2.05, 4.69) is 22.3 Å². The Morgan fingerprint density at radius 2 is 2.08 bits per heavy atom. The third kappa shape index (κ3) is 4.02. The molecule has 1 unspecified atom stereocenters. The van der Waals surface area contributed by atoms with Crippen molar-refractivity contribution in [1.29, 1.82) is 0 Å². The quantitative estimate of drug-likeness (QED) is 0.651. The Morgan fingerprint density at radius 3 is 2.79 bits per heavy atom. The molecule has 1 aliphatic heterocycles. The largest absolute Gasteiger partial charge is 0.489 e. The number of likely N-dealkylation sites (tertiary alicyclic amines) is 1. The monoisotopic (exact) mass is 327 g/mol. The third-order valence-electron chi connectivity index (χ3n) is 4.17. The lowest BCUT2D eigenvalue weighted by Gasteiger charge is -2.17. The highest BCUT2D eigenvalue weighted by Gasteiger charge is 2.24. The minimum atomic E-state index is -0.399. The van der Waals surface area contributed by atoms with Gasteiger partial charge in [0.1, 0.15) is 11.9 Å². The van der Waals surface area contributed by atoms with Crippen LogP contribution < -0.4 is 10.1 Å². The topological polar surface area (TPSA) is 67.6 Å². The van der Waals surface area contributed by atoms with Crippen molar-refractivity contribution >= 4 is 11.4 Å². The number of benzene rings is 2. The number of nitrogens with one attached hydrogen (secondary N) is 1. The van der Waals surface area contributed by atoms with Gasteiger partial charge in [-0.25, -0.2) is 0 Å². The van der Waals surface area contributed by atoms with Crippen LogP contribution in [0.4, 0.5) is 11.4 Å². The molecular weight excluding hydrogens is 306 g/mol. The minimum Gasteiger partial charge on any atom is -0.489 e. The normalized spacial score (nSPS) is 17.6. The average Bonchev–Trinajstić information content (AvgIpc) is 3.02. The van der Waals surface area contributed by atoms with Gasteiger partial charge in [0.05, 0.1) is 11.0 Å². The number of non-ortho nitro benzene ring substituents is 1. The summed E-state index contributed by atoms with van der Waals surface area (Å²) in [5, 5.41) is 14.0. The predicted molar refractivity (Wildman–Crippen MR) is 93.4 cm³/mol. The van der Waals surface area contributed by atoms with Gasteiger partial charge in [-0.3, -0.25) is 15.0 Å². The van der Waals surface area contributed by atoms with E-state index in [0.717, 1.165) is 26.1 Å². The summed E-state index contributed by atoms with van der Waals surface area (Å²) in [6.45, 7) is 2.69. The van der Waals surface area contributed by atoms with E-state index >= 15 is 0 Å². The molecule has 6 heteroatoms. The molecule has 0 aromatic heterocycles. The molecule has 3 rings (SSSR count). The molecule has 1 N–H and O–H groups in total. The first-order valence-electron chi connectivity index (χ1n) is 8.04. The first kappa shape index (κ1) is 16.3. The Bertz CT molecular complexity index is 706. The summed E-state index contributed by atoms with van der Waals surface area (Å²) < 4.78 is 5.99. The highest BCUT2D eigenvalue weighted by molar-refractivity contribution is 5.56. The SMILES string of the molecule is CNc1cc(OC2CCN(Cc3ccccc3)C2)cc([N+](=O)[O-])c1. The minimum absolute atomic E-state index is 0.0380. The second-order valence-electron chi connectivity index (χ2n) is 5.97. The number of nitro groups is 1. The van der Waals surface area contributed by atoms with Crippen LogP contribution in [0, 0.1) is 10.1 Å². The van der Waals surface area contributed by atoms with E-state index < -0.39 is 4.92 Å². The van der Waals surface area contributed by atoms with Crippen LogP contribution in [0.25, 0.3) is 0 Å². The Balaban J connectivity index is 1.63. The molecule has 0 spiro atoms. The molecule has 1 saturated heterocycles. The van der Waals surface area contributed by atoms with Gasteiger partial charge in [0.2, 0.25) is 0 Å². The van der Waals surface area contributed by atoms with Crippen molar-refractivity contribution in [3.05, 3.63) is 64.2 Å². The molecule has 1 heterocycles. The molecule has 126 valence electrons. The summed E-state index contributed by atoms with van der Waals surface area (Å²) in [5.74, 6) is 0.542. The van der Waals surface area contributed by atoms with Gasteiger partial charge in [-0.15, -0.1) is 0 Å². The standard InChI is InChI=1S/C18H21N3O3/c1-19-15-9-16(21(22)23)11-18(10-15)24-17-7-8-20(13-17)12-14-5-3-2-4-6-14/h2-6,9-11,17,19H,7-8,12-13H2,1H3. The van der Waals surface area contributed by atoms with E-state index in [4.69, 9.17) is 4.74 Å². The fraction of sp³-hybridized carbons (Fsp3) is 0.333. The van der Waals surface area contributed by atoms with Crippen molar-refractivity contribution < 1.29 is 9.66 Å². The predicted octanol–water partition coefficient (Wildman–Crippen LogP) is 3.29. The average molecular weight is 327 g/mol. The highest BCUT2D eigenvalue weighted by Crippen LogP contribution is 2.28. The number of hydrogen-bond acceptors (Lipinski definition) is 5. The summed E-state index contributed by atoms with van der Waals surface area (Å²) in [4.78, 5) is 13.0. The fourth-order valence-corrected chi connectivity index (χ4v) is 2.97. The number of ether oxygens (including phenoxy) is 1. The first-order valence-corrected chi connectivity index (χ1v) is 8.04. The zero-order valence-corrected chi connectivity index (χ0v) is 13.6. The molecule has 2 aromatic carbocycles. The molecule has 0 bridgehead atoms. The van der Waals surface area contributed by atoms with Gasteiger partial charge in [-0.05, 0) is 12.0 Å². The van der Waals surface area contributed by atoms with Gasteiger partial charge in [0.15, 0.2) is 0 Å². The maximum atomic E-state index is 11.0. The van der Waals surface area contributed by atoms with Gasteiger partial charge in [0, 0.05) is 44.5 Å². The molecule has 2 aromatic rings. The lowest BCUT2D eigenvalue weighted by molar-refractivity contribution is -0.384. The molecule has 6 nitrogen and oxygen atoms in total. The van der Waals surface area contributed by atoms with Crippen LogP contribution >= 0.6 is 0 Å². The number of nitro benzene ring substituents is 1. The van der Waals surface area contributed by atoms with Crippen molar-refractivity contribution in [2.75, 3.05) is 25.5 Å². The lowest BCUT2D eigenvalue weighted by Crippen LogP contribution is -2.24. The van der Waals surface area contributed by atoms with Gasteiger partial charge in [-0.1, -0.05) is 30.3 Å². The van der Waals surface area contributed by atoms with Crippen LogP contribution in [-0.4, -0.2) is 36.1 Å². The second-order valence-corrected chi connectivity index (χ2v) is 5.97. The van der Waals surface area contributed by atoms with Gasteiger partial charge in [-0.2, -0.15) is 0 Å². The molecule has 24 heavy (non-hydrogen) atoms. The Morgan fingerprint density at radius 1 is 1.29 bits per heavy atom. The van der Waals surface area contributed by atoms with Crippen LogP contribution in [0.1, 0.15) is 12.0 Å². The van der Waals surface area contributed by atoms with Crippen LogP contribution in [0.3, 0.4) is 0 Å². The number of nitrogens with zero attached hydrogens (tertiary/aromatic N) is 2. The Hall–Kier alpha value is -2.60. The van der Waals surface area contributed by atoms with E-state index in [9.17, 15) is 10.1 Å². The van der Waals surface area contributed by atoms with E-state index in [0.29, 0.717) is 11.4 Å². The zero-order chi connectivity index (χ0) is 16.9. The van der Waals surface area contributed by atoms with Crippen molar-refractivity contribution in [2.45, 2.75) is 19.1 Å². The van der Waals surface area contributed by atoms with Crippen LogP contribution in [-0.2, 0) is 6.54 Å². The summed E-state index contributed by atoms with van der Waals surface area (Å²) in [7, 11) is 1.74. The molecule has 0 saturated carbocycles. The number of anilines is 1. The van der Waals surface area contributed by atoms with E-state index in [-0.39, 0.29) is 11.8 Å². The summed E-state index contributed by atoms with van der Waals surface area (Å²) >= 11 is 0. The van der Waals surface area contributed by atoms with Crippen molar-refractivity contribution in [2.24, 2.45) is 0 Å². The molecule has 0 amide bonds. The Labute approximate surface area is 141 Å². The van der Waals surface area contributed by atoms with Crippen LogP contribution in [0.2, 0.25) is 0 Å². The summed E-state index contributed by atoms with van der Waals surface area (Å²) in [6, 6.07) is 15.1. The number of rotatable bonds is 6. The molecule has 0 aliphatic carbocycles. The summed E-state index contributed by atoms with van der Waals surface area (Å²) in [6.07, 6.45) is 0.977. The second kappa shape index (κ2) is 7.31. The smallest absolute Gasteiger partial charge is 0.275 e. The van der Waals surface area contributed by atoms with Gasteiger partial charge < -0.3 is 10.1 Å². The van der Waals surface area contributed by atoms with Crippen molar-refractivity contribution in [3.8, 4) is 5.75 Å². The lowest BCUT2D eigenvalue weighted by atomic mass is 10.2. The first-order chi connectivity index (χ1) is 11.6. The van der Waals surface area contributed by atoms with Crippen molar-refractivity contribution in [1.82, 2.24) is 4.90 Å². The zero-order valence-electron chi connectivity index (χ0n) is 13.6. The molecule has 1 aliphatic rings. The fourth-order valence-electron chi connectivity index (χ4n) is 2.97. The molecular formula is C18H21N3O3. The maximum Gasteiger partial charge on any atom is 0.275 e.